The smallest absolute Gasteiger partial charge is 0.130 e. The number of hydrogen-bond donors (Lipinski definition) is 0. The lowest BCUT2D eigenvalue weighted by Gasteiger charge is -2.45. The molecule has 0 saturated heterocycles. The first-order valence-corrected chi connectivity index (χ1v) is 11.7. The van der Waals surface area contributed by atoms with Crippen molar-refractivity contribution >= 4 is 0 Å². The summed E-state index contributed by atoms with van der Waals surface area (Å²) < 4.78 is 20.5. The van der Waals surface area contributed by atoms with Gasteiger partial charge >= 0.3 is 0 Å². The number of hydrogen-bond acceptors (Lipinski definition) is 1. The molecule has 0 spiro atoms. The Morgan fingerprint density at radius 1 is 1.00 bits per heavy atom. The SMILES string of the molecule is C/C=C/COc1cc(F)c2c(c1)CCC(C1CCC3CC(CC)CCC3C1)C2. The van der Waals surface area contributed by atoms with Crippen LogP contribution in [-0.4, -0.2) is 6.61 Å². The Bertz CT molecular complexity index is 694. The van der Waals surface area contributed by atoms with Gasteiger partial charge in [-0.15, -0.1) is 0 Å². The maximum absolute atomic E-state index is 14.8. The van der Waals surface area contributed by atoms with E-state index in [0.29, 0.717) is 18.3 Å². The average Bonchev–Trinajstić information content (AvgIpc) is 2.73. The van der Waals surface area contributed by atoms with Gasteiger partial charge in [0.25, 0.3) is 0 Å². The highest BCUT2D eigenvalue weighted by Gasteiger charge is 2.38. The molecule has 0 radical (unpaired) electrons. The molecule has 0 bridgehead atoms. The molecule has 2 saturated carbocycles. The summed E-state index contributed by atoms with van der Waals surface area (Å²) in [5.41, 5.74) is 2.16. The van der Waals surface area contributed by atoms with E-state index in [9.17, 15) is 4.39 Å². The van der Waals surface area contributed by atoms with Crippen LogP contribution in [0.2, 0.25) is 0 Å². The van der Waals surface area contributed by atoms with E-state index >= 15 is 0 Å². The lowest BCUT2D eigenvalue weighted by Crippen LogP contribution is -2.35. The molecule has 3 aliphatic rings. The normalized spacial score (nSPS) is 32.8. The Hall–Kier alpha value is -1.31. The molecular weight excluding hydrogens is 347 g/mol. The zero-order valence-corrected chi connectivity index (χ0v) is 17.8. The molecule has 28 heavy (non-hydrogen) atoms. The Balaban J connectivity index is 1.39. The van der Waals surface area contributed by atoms with Gasteiger partial charge in [0.05, 0.1) is 0 Å². The molecule has 0 aromatic heterocycles. The molecule has 154 valence electrons. The van der Waals surface area contributed by atoms with Crippen LogP contribution >= 0.6 is 0 Å². The number of halogens is 1. The standard InChI is InChI=1S/C26H37FO/c1-3-5-12-28-24-15-23-11-10-22(16-25(23)26(27)17-24)21-9-8-19-13-18(4-2)6-7-20(19)14-21/h3,5,15,17-22H,4,6-14,16H2,1-2H3/b5-3+. The third kappa shape index (κ3) is 4.31. The molecule has 5 atom stereocenters. The summed E-state index contributed by atoms with van der Waals surface area (Å²) in [6, 6.07) is 3.69. The molecule has 2 fully saturated rings. The van der Waals surface area contributed by atoms with Crippen LogP contribution in [0.25, 0.3) is 0 Å². The molecule has 0 heterocycles. The fourth-order valence-corrected chi connectivity index (χ4v) is 6.37. The summed E-state index contributed by atoms with van der Waals surface area (Å²) in [4.78, 5) is 0. The van der Waals surface area contributed by atoms with Gasteiger partial charge in [-0.1, -0.05) is 31.9 Å². The van der Waals surface area contributed by atoms with Crippen LogP contribution in [0.5, 0.6) is 5.75 Å². The highest BCUT2D eigenvalue weighted by molar-refractivity contribution is 5.39. The quantitative estimate of drug-likeness (QED) is 0.491. The van der Waals surface area contributed by atoms with E-state index in [2.05, 4.69) is 13.0 Å². The van der Waals surface area contributed by atoms with Gasteiger partial charge in [-0.25, -0.2) is 4.39 Å². The van der Waals surface area contributed by atoms with Crippen LogP contribution in [-0.2, 0) is 12.8 Å². The zero-order valence-electron chi connectivity index (χ0n) is 17.8. The number of fused-ring (bicyclic) bond motifs is 2. The largest absolute Gasteiger partial charge is 0.489 e. The first kappa shape index (κ1) is 20.0. The second-order valence-corrected chi connectivity index (χ2v) is 9.61. The number of ether oxygens (including phenoxy) is 1. The van der Waals surface area contributed by atoms with Gasteiger partial charge in [0.2, 0.25) is 0 Å². The van der Waals surface area contributed by atoms with Crippen molar-refractivity contribution in [2.75, 3.05) is 6.61 Å². The predicted octanol–water partition coefficient (Wildman–Crippen LogP) is 7.13. The Morgan fingerprint density at radius 2 is 1.75 bits per heavy atom. The Labute approximate surface area is 170 Å². The number of allylic oxidation sites excluding steroid dienone is 1. The molecule has 5 unspecified atom stereocenters. The number of benzene rings is 1. The second-order valence-electron chi connectivity index (χ2n) is 9.61. The van der Waals surface area contributed by atoms with Crippen molar-refractivity contribution in [3.63, 3.8) is 0 Å². The van der Waals surface area contributed by atoms with Crippen molar-refractivity contribution < 1.29 is 9.13 Å². The minimum Gasteiger partial charge on any atom is -0.489 e. The zero-order chi connectivity index (χ0) is 19.5. The third-order valence-corrected chi connectivity index (χ3v) is 8.10. The minimum atomic E-state index is -0.0465. The summed E-state index contributed by atoms with van der Waals surface area (Å²) >= 11 is 0. The molecule has 0 amide bonds. The van der Waals surface area contributed by atoms with Gasteiger partial charge in [-0.3, -0.25) is 0 Å². The van der Waals surface area contributed by atoms with Gasteiger partial charge in [-0.2, -0.15) is 0 Å². The lowest BCUT2D eigenvalue weighted by atomic mass is 9.61. The van der Waals surface area contributed by atoms with Crippen LogP contribution in [0.4, 0.5) is 4.39 Å². The molecule has 0 N–H and O–H groups in total. The summed E-state index contributed by atoms with van der Waals surface area (Å²) in [5, 5.41) is 0. The predicted molar refractivity (Wildman–Crippen MR) is 114 cm³/mol. The van der Waals surface area contributed by atoms with Crippen LogP contribution in [0.1, 0.15) is 76.3 Å². The van der Waals surface area contributed by atoms with E-state index in [0.717, 1.165) is 42.1 Å². The molecule has 4 rings (SSSR count). The first-order chi connectivity index (χ1) is 13.7. The van der Waals surface area contributed by atoms with E-state index in [1.165, 1.54) is 56.9 Å². The van der Waals surface area contributed by atoms with E-state index in [-0.39, 0.29) is 5.82 Å². The highest BCUT2D eigenvalue weighted by Crippen LogP contribution is 2.49. The third-order valence-electron chi connectivity index (χ3n) is 8.10. The highest BCUT2D eigenvalue weighted by atomic mass is 19.1. The second kappa shape index (κ2) is 9.01. The van der Waals surface area contributed by atoms with E-state index < -0.39 is 0 Å². The molecule has 2 heteroatoms. The van der Waals surface area contributed by atoms with Crippen LogP contribution in [0.15, 0.2) is 24.3 Å². The Kier molecular flexibility index (Phi) is 6.43. The van der Waals surface area contributed by atoms with E-state index in [4.69, 9.17) is 4.74 Å². The van der Waals surface area contributed by atoms with Crippen LogP contribution < -0.4 is 4.74 Å². The fraction of sp³-hybridized carbons (Fsp3) is 0.692. The number of rotatable bonds is 5. The van der Waals surface area contributed by atoms with Crippen molar-refractivity contribution in [3.05, 3.63) is 41.2 Å². The van der Waals surface area contributed by atoms with E-state index in [1.807, 2.05) is 19.1 Å². The fourth-order valence-electron chi connectivity index (χ4n) is 6.37. The van der Waals surface area contributed by atoms with Gasteiger partial charge in [0.1, 0.15) is 18.2 Å². The summed E-state index contributed by atoms with van der Waals surface area (Å²) in [6.45, 7) is 4.85. The average molecular weight is 385 g/mol. The van der Waals surface area contributed by atoms with Gasteiger partial charge in [-0.05, 0) is 105 Å². The van der Waals surface area contributed by atoms with Gasteiger partial charge in [0.15, 0.2) is 0 Å². The van der Waals surface area contributed by atoms with Gasteiger partial charge in [0, 0.05) is 6.07 Å². The minimum absolute atomic E-state index is 0.0465. The van der Waals surface area contributed by atoms with Crippen molar-refractivity contribution in [1.29, 1.82) is 0 Å². The van der Waals surface area contributed by atoms with Crippen LogP contribution in [0, 0.1) is 35.4 Å². The topological polar surface area (TPSA) is 9.23 Å². The maximum atomic E-state index is 14.8. The summed E-state index contributed by atoms with van der Waals surface area (Å²) in [5.74, 6) is 5.06. The summed E-state index contributed by atoms with van der Waals surface area (Å²) in [6.07, 6.45) is 17.1. The molecule has 1 nitrogen and oxygen atoms in total. The van der Waals surface area contributed by atoms with Crippen molar-refractivity contribution in [2.24, 2.45) is 29.6 Å². The Morgan fingerprint density at radius 3 is 2.54 bits per heavy atom. The van der Waals surface area contributed by atoms with Crippen molar-refractivity contribution in [1.82, 2.24) is 0 Å². The molecule has 1 aromatic rings. The van der Waals surface area contributed by atoms with Gasteiger partial charge < -0.3 is 4.74 Å². The monoisotopic (exact) mass is 384 g/mol. The molecule has 3 aliphatic carbocycles. The molecule has 1 aromatic carbocycles. The molecular formula is C26H37FO. The first-order valence-electron chi connectivity index (χ1n) is 11.7. The summed E-state index contributed by atoms with van der Waals surface area (Å²) in [7, 11) is 0. The maximum Gasteiger partial charge on any atom is 0.130 e. The number of aryl methyl sites for hydroxylation is 1. The molecule has 0 aliphatic heterocycles. The van der Waals surface area contributed by atoms with Crippen molar-refractivity contribution in [3.8, 4) is 5.75 Å². The van der Waals surface area contributed by atoms with E-state index in [1.54, 1.807) is 6.07 Å². The van der Waals surface area contributed by atoms with Crippen molar-refractivity contribution in [2.45, 2.75) is 78.1 Å². The van der Waals surface area contributed by atoms with Crippen LogP contribution in [0.3, 0.4) is 0 Å². The lowest BCUT2D eigenvalue weighted by molar-refractivity contribution is 0.0705.